The van der Waals surface area contributed by atoms with E-state index >= 15 is 0 Å². The maximum atomic E-state index is 6.06. The van der Waals surface area contributed by atoms with Gasteiger partial charge in [0.05, 0.1) is 0 Å². The second kappa shape index (κ2) is 4.41. The molecule has 2 nitrogen and oxygen atoms in total. The van der Waals surface area contributed by atoms with Crippen LogP contribution in [0.5, 0.6) is 0 Å². The van der Waals surface area contributed by atoms with Gasteiger partial charge in [-0.3, -0.25) is 4.90 Å². The first-order valence-electron chi connectivity index (χ1n) is 6.18. The lowest BCUT2D eigenvalue weighted by molar-refractivity contribution is 0.322. The maximum Gasteiger partial charge on any atom is 0.0346 e. The summed E-state index contributed by atoms with van der Waals surface area (Å²) < 4.78 is 1.39. The Bertz CT molecular complexity index is 477. The van der Waals surface area contributed by atoms with Crippen molar-refractivity contribution in [3.05, 3.63) is 35.2 Å². The van der Waals surface area contributed by atoms with Gasteiger partial charge in [0, 0.05) is 35.3 Å². The summed E-state index contributed by atoms with van der Waals surface area (Å²) in [7, 11) is 0. The molecule has 3 heteroatoms. The number of benzene rings is 1. The quantitative estimate of drug-likeness (QED) is 0.882. The first-order valence-corrected chi connectivity index (χ1v) is 6.99. The summed E-state index contributed by atoms with van der Waals surface area (Å²) >= 11 is 1.90. The first kappa shape index (κ1) is 11.2. The van der Waals surface area contributed by atoms with Crippen LogP contribution in [-0.4, -0.2) is 24.0 Å². The molecule has 2 aromatic rings. The van der Waals surface area contributed by atoms with Crippen LogP contribution in [0.25, 0.3) is 10.1 Å². The molecular formula is C14H18N2S. The van der Waals surface area contributed by atoms with Gasteiger partial charge in [-0.1, -0.05) is 25.1 Å². The average molecular weight is 246 g/mol. The van der Waals surface area contributed by atoms with Crippen molar-refractivity contribution in [3.8, 4) is 0 Å². The van der Waals surface area contributed by atoms with E-state index in [1.807, 2.05) is 11.3 Å². The molecular weight excluding hydrogens is 228 g/mol. The van der Waals surface area contributed by atoms with Crippen LogP contribution in [0.4, 0.5) is 0 Å². The summed E-state index contributed by atoms with van der Waals surface area (Å²) in [5, 5.41) is 1.36. The van der Waals surface area contributed by atoms with Crippen molar-refractivity contribution in [2.45, 2.75) is 19.5 Å². The molecule has 1 aromatic heterocycles. The highest BCUT2D eigenvalue weighted by Crippen LogP contribution is 2.27. The van der Waals surface area contributed by atoms with E-state index in [2.05, 4.69) is 42.2 Å². The van der Waals surface area contributed by atoms with Crippen molar-refractivity contribution >= 4 is 21.4 Å². The summed E-state index contributed by atoms with van der Waals surface area (Å²) in [5.41, 5.74) is 6.06. The van der Waals surface area contributed by atoms with Gasteiger partial charge >= 0.3 is 0 Å². The Labute approximate surface area is 106 Å². The van der Waals surface area contributed by atoms with Gasteiger partial charge in [0.25, 0.3) is 0 Å². The van der Waals surface area contributed by atoms with Gasteiger partial charge in [-0.2, -0.15) is 0 Å². The molecule has 0 aliphatic carbocycles. The van der Waals surface area contributed by atoms with E-state index < -0.39 is 0 Å². The normalized spacial score (nSPS) is 25.8. The molecule has 1 fully saturated rings. The number of nitrogens with zero attached hydrogens (tertiary/aromatic N) is 1. The first-order chi connectivity index (χ1) is 8.22. The fourth-order valence-electron chi connectivity index (χ4n) is 2.56. The Kier molecular flexibility index (Phi) is 2.90. The van der Waals surface area contributed by atoms with Gasteiger partial charge in [0.1, 0.15) is 0 Å². The van der Waals surface area contributed by atoms with E-state index in [-0.39, 0.29) is 0 Å². The van der Waals surface area contributed by atoms with Gasteiger partial charge in [-0.25, -0.2) is 0 Å². The van der Waals surface area contributed by atoms with Crippen LogP contribution in [-0.2, 0) is 6.54 Å². The predicted molar refractivity (Wildman–Crippen MR) is 74.2 cm³/mol. The Balaban J connectivity index is 1.77. The van der Waals surface area contributed by atoms with Crippen LogP contribution in [0, 0.1) is 5.92 Å². The Hall–Kier alpha value is -0.900. The number of likely N-dealkylation sites (tertiary alicyclic amines) is 1. The molecule has 2 N–H and O–H groups in total. The van der Waals surface area contributed by atoms with Crippen LogP contribution < -0.4 is 5.73 Å². The predicted octanol–water partition coefficient (Wildman–Crippen LogP) is 2.68. The minimum atomic E-state index is 0.351. The molecule has 0 amide bonds. The van der Waals surface area contributed by atoms with E-state index in [0.717, 1.165) is 19.6 Å². The third-order valence-corrected chi connectivity index (χ3v) is 4.70. The van der Waals surface area contributed by atoms with Crippen LogP contribution in [0.1, 0.15) is 11.8 Å². The molecule has 0 bridgehead atoms. The number of fused-ring (bicyclic) bond motifs is 1. The van der Waals surface area contributed by atoms with E-state index in [9.17, 15) is 0 Å². The zero-order chi connectivity index (χ0) is 11.8. The second-order valence-electron chi connectivity index (χ2n) is 5.09. The molecule has 2 heterocycles. The topological polar surface area (TPSA) is 29.3 Å². The monoisotopic (exact) mass is 246 g/mol. The van der Waals surface area contributed by atoms with Crippen molar-refractivity contribution in [3.63, 3.8) is 0 Å². The number of thiophene rings is 1. The van der Waals surface area contributed by atoms with Crippen LogP contribution >= 0.6 is 11.3 Å². The molecule has 1 saturated heterocycles. The highest BCUT2D eigenvalue weighted by molar-refractivity contribution is 7.19. The molecule has 1 aromatic carbocycles. The molecule has 1 aliphatic rings. The summed E-state index contributed by atoms with van der Waals surface area (Å²) in [5.74, 6) is 0.629. The second-order valence-corrected chi connectivity index (χ2v) is 6.25. The third-order valence-electron chi connectivity index (χ3n) is 3.60. The number of nitrogens with two attached hydrogens (primary N) is 1. The van der Waals surface area contributed by atoms with E-state index in [4.69, 9.17) is 5.73 Å². The molecule has 90 valence electrons. The smallest absolute Gasteiger partial charge is 0.0346 e. The molecule has 2 unspecified atom stereocenters. The summed E-state index contributed by atoms with van der Waals surface area (Å²) in [4.78, 5) is 3.92. The molecule has 1 aliphatic heterocycles. The summed E-state index contributed by atoms with van der Waals surface area (Å²) in [6.45, 7) is 5.47. The average Bonchev–Trinajstić information content (AvgIpc) is 2.83. The van der Waals surface area contributed by atoms with Gasteiger partial charge in [0.15, 0.2) is 0 Å². The van der Waals surface area contributed by atoms with Crippen molar-refractivity contribution in [1.29, 1.82) is 0 Å². The Morgan fingerprint density at radius 2 is 2.18 bits per heavy atom. The van der Waals surface area contributed by atoms with Gasteiger partial charge < -0.3 is 5.73 Å². The lowest BCUT2D eigenvalue weighted by atomic mass is 10.1. The van der Waals surface area contributed by atoms with Gasteiger partial charge in [-0.05, 0) is 23.4 Å². The molecule has 0 radical (unpaired) electrons. The number of rotatable bonds is 2. The number of hydrogen-bond acceptors (Lipinski definition) is 3. The maximum absolute atomic E-state index is 6.06. The SMILES string of the molecule is CC1CN(Cc2cc3ccccc3s2)CC1N. The standard InChI is InChI=1S/C14H18N2S/c1-10-7-16(9-13(10)15)8-12-6-11-4-2-3-5-14(11)17-12/h2-6,10,13H,7-9,15H2,1H3. The van der Waals surface area contributed by atoms with E-state index in [1.54, 1.807) is 0 Å². The molecule has 0 saturated carbocycles. The van der Waals surface area contributed by atoms with Gasteiger partial charge in [0.2, 0.25) is 0 Å². The van der Waals surface area contributed by atoms with Crippen molar-refractivity contribution in [1.82, 2.24) is 4.90 Å². The molecule has 2 atom stereocenters. The summed E-state index contributed by atoms with van der Waals surface area (Å²) in [6, 6.07) is 11.3. The van der Waals surface area contributed by atoms with Crippen molar-refractivity contribution in [2.24, 2.45) is 11.7 Å². The third kappa shape index (κ3) is 2.23. The van der Waals surface area contributed by atoms with Crippen LogP contribution in [0.15, 0.2) is 30.3 Å². The minimum Gasteiger partial charge on any atom is -0.326 e. The highest BCUT2D eigenvalue weighted by Gasteiger charge is 2.26. The van der Waals surface area contributed by atoms with Crippen LogP contribution in [0.3, 0.4) is 0 Å². The molecule has 17 heavy (non-hydrogen) atoms. The molecule has 0 spiro atoms. The Morgan fingerprint density at radius 3 is 2.88 bits per heavy atom. The van der Waals surface area contributed by atoms with Crippen molar-refractivity contribution in [2.75, 3.05) is 13.1 Å². The zero-order valence-electron chi connectivity index (χ0n) is 10.1. The fraction of sp³-hybridized carbons (Fsp3) is 0.429. The lowest BCUT2D eigenvalue weighted by Crippen LogP contribution is -2.28. The Morgan fingerprint density at radius 1 is 1.35 bits per heavy atom. The largest absolute Gasteiger partial charge is 0.326 e. The highest BCUT2D eigenvalue weighted by atomic mass is 32.1. The van der Waals surface area contributed by atoms with E-state index in [1.165, 1.54) is 15.0 Å². The lowest BCUT2D eigenvalue weighted by Gasteiger charge is -2.13. The zero-order valence-corrected chi connectivity index (χ0v) is 10.9. The van der Waals surface area contributed by atoms with Crippen molar-refractivity contribution < 1.29 is 0 Å². The molecule has 3 rings (SSSR count). The van der Waals surface area contributed by atoms with E-state index in [0.29, 0.717) is 12.0 Å². The number of hydrogen-bond donors (Lipinski definition) is 1. The van der Waals surface area contributed by atoms with Crippen LogP contribution in [0.2, 0.25) is 0 Å². The minimum absolute atomic E-state index is 0.351. The summed E-state index contributed by atoms with van der Waals surface area (Å²) in [6.07, 6.45) is 0. The fourth-order valence-corrected chi connectivity index (χ4v) is 3.67. The van der Waals surface area contributed by atoms with Gasteiger partial charge in [-0.15, -0.1) is 11.3 Å².